The molecule has 7 heteroatoms. The van der Waals surface area contributed by atoms with Crippen molar-refractivity contribution in [1.29, 1.82) is 0 Å². The molecule has 0 radical (unpaired) electrons. The summed E-state index contributed by atoms with van der Waals surface area (Å²) in [6.07, 6.45) is 5.55. The highest BCUT2D eigenvalue weighted by atomic mass is 32.2. The van der Waals surface area contributed by atoms with E-state index in [0.717, 1.165) is 46.7 Å². The van der Waals surface area contributed by atoms with Crippen molar-refractivity contribution in [3.05, 3.63) is 75.4 Å². The smallest absolute Gasteiger partial charge is 0.267 e. The average Bonchev–Trinajstić information content (AvgIpc) is 3.04. The second-order valence-corrected chi connectivity index (χ2v) is 10.1. The van der Waals surface area contributed by atoms with Gasteiger partial charge >= 0.3 is 0 Å². The molecule has 0 saturated heterocycles. The molecule has 4 aromatic rings. The number of aryl methyl sites for hydroxylation is 2. The number of para-hydroxylation sites is 1. The second-order valence-electron chi connectivity index (χ2n) is 7.99. The van der Waals surface area contributed by atoms with Gasteiger partial charge in [0.1, 0.15) is 16.3 Å². The molecule has 2 aromatic carbocycles. The summed E-state index contributed by atoms with van der Waals surface area (Å²) in [4.78, 5) is 21.1. The van der Waals surface area contributed by atoms with E-state index in [0.29, 0.717) is 17.5 Å². The molecule has 33 heavy (non-hydrogen) atoms. The summed E-state index contributed by atoms with van der Waals surface area (Å²) >= 11 is 3.25. The van der Waals surface area contributed by atoms with Crippen LogP contribution in [0.4, 0.5) is 0 Å². The Hall–Kier alpha value is -2.77. The zero-order valence-corrected chi connectivity index (χ0v) is 20.2. The van der Waals surface area contributed by atoms with Crippen LogP contribution in [0.15, 0.2) is 64.5 Å². The minimum Gasteiger partial charge on any atom is -0.497 e. The van der Waals surface area contributed by atoms with E-state index in [9.17, 15) is 4.79 Å². The minimum atomic E-state index is 0.0241. The summed E-state index contributed by atoms with van der Waals surface area (Å²) in [6.45, 7) is 0.534. The zero-order valence-electron chi connectivity index (χ0n) is 18.6. The molecule has 1 aliphatic carbocycles. The Balaban J connectivity index is 1.52. The zero-order chi connectivity index (χ0) is 22.6. The SMILES string of the molecule is COc1ccc(-n2c(SCCOc3ccccc3)nc3sc4c(c3c2=O)CCCCC4)cc1. The van der Waals surface area contributed by atoms with Gasteiger partial charge in [0.25, 0.3) is 5.56 Å². The largest absolute Gasteiger partial charge is 0.497 e. The third kappa shape index (κ3) is 4.66. The molecule has 0 aliphatic heterocycles. The van der Waals surface area contributed by atoms with Gasteiger partial charge in [-0.2, -0.15) is 0 Å². The molecule has 2 aromatic heterocycles. The number of fused-ring (bicyclic) bond motifs is 3. The standard InChI is InChI=1S/C26H26N2O3S2/c1-30-19-14-12-18(13-15-19)28-25(29)23-21-10-6-3-7-11-22(21)33-24(23)27-26(28)32-17-16-31-20-8-4-2-5-9-20/h2,4-5,8-9,12-15H,3,6-7,10-11,16-17H2,1H3. The van der Waals surface area contributed by atoms with E-state index < -0.39 is 0 Å². The Kier molecular flexibility index (Phi) is 6.69. The molecule has 0 saturated carbocycles. The van der Waals surface area contributed by atoms with E-state index in [1.807, 2.05) is 54.6 Å². The molecular formula is C26H26N2O3S2. The van der Waals surface area contributed by atoms with Gasteiger partial charge in [-0.05, 0) is 67.6 Å². The fourth-order valence-electron chi connectivity index (χ4n) is 4.23. The van der Waals surface area contributed by atoms with Crippen molar-refractivity contribution < 1.29 is 9.47 Å². The van der Waals surface area contributed by atoms with E-state index in [1.165, 1.54) is 23.3 Å². The van der Waals surface area contributed by atoms with E-state index in [1.54, 1.807) is 34.8 Å². The predicted molar refractivity (Wildman–Crippen MR) is 136 cm³/mol. The lowest BCUT2D eigenvalue weighted by Gasteiger charge is -2.13. The summed E-state index contributed by atoms with van der Waals surface area (Å²) in [5, 5.41) is 1.50. The van der Waals surface area contributed by atoms with Gasteiger partial charge in [-0.3, -0.25) is 9.36 Å². The topological polar surface area (TPSA) is 53.4 Å². The van der Waals surface area contributed by atoms with Gasteiger partial charge in [-0.25, -0.2) is 4.98 Å². The van der Waals surface area contributed by atoms with Crippen molar-refractivity contribution in [2.75, 3.05) is 19.5 Å². The number of benzene rings is 2. The molecular weight excluding hydrogens is 452 g/mol. The number of ether oxygens (including phenoxy) is 2. The molecule has 0 atom stereocenters. The van der Waals surface area contributed by atoms with Crippen LogP contribution < -0.4 is 15.0 Å². The first-order chi connectivity index (χ1) is 16.2. The van der Waals surface area contributed by atoms with Crippen LogP contribution in [-0.2, 0) is 12.8 Å². The lowest BCUT2D eigenvalue weighted by atomic mass is 10.1. The highest BCUT2D eigenvalue weighted by Gasteiger charge is 2.22. The molecule has 5 nitrogen and oxygen atoms in total. The first-order valence-electron chi connectivity index (χ1n) is 11.3. The maximum Gasteiger partial charge on any atom is 0.267 e. The number of hydrogen-bond acceptors (Lipinski definition) is 6. The fourth-order valence-corrected chi connectivity index (χ4v) is 6.36. The lowest BCUT2D eigenvalue weighted by Crippen LogP contribution is -2.22. The van der Waals surface area contributed by atoms with Crippen LogP contribution in [-0.4, -0.2) is 29.0 Å². The molecule has 0 N–H and O–H groups in total. The highest BCUT2D eigenvalue weighted by Crippen LogP contribution is 2.34. The maximum absolute atomic E-state index is 13.9. The van der Waals surface area contributed by atoms with Gasteiger partial charge in [0.2, 0.25) is 0 Å². The van der Waals surface area contributed by atoms with E-state index in [4.69, 9.17) is 14.5 Å². The maximum atomic E-state index is 13.9. The Morgan fingerprint density at radius 1 is 1.00 bits per heavy atom. The number of aromatic nitrogens is 2. The van der Waals surface area contributed by atoms with Crippen LogP contribution in [0.3, 0.4) is 0 Å². The number of nitrogens with zero attached hydrogens (tertiary/aromatic N) is 2. The Labute approximate surface area is 201 Å². The van der Waals surface area contributed by atoms with Gasteiger partial charge in [0.15, 0.2) is 5.16 Å². The molecule has 0 amide bonds. The van der Waals surface area contributed by atoms with Crippen molar-refractivity contribution in [2.24, 2.45) is 0 Å². The van der Waals surface area contributed by atoms with Crippen molar-refractivity contribution in [3.63, 3.8) is 0 Å². The van der Waals surface area contributed by atoms with Crippen LogP contribution in [0.2, 0.25) is 0 Å². The third-order valence-corrected chi connectivity index (χ3v) is 7.95. The normalized spacial score (nSPS) is 13.5. The first kappa shape index (κ1) is 22.0. The summed E-state index contributed by atoms with van der Waals surface area (Å²) in [6, 6.07) is 17.4. The minimum absolute atomic E-state index is 0.0241. The van der Waals surface area contributed by atoms with E-state index in [-0.39, 0.29) is 5.56 Å². The van der Waals surface area contributed by atoms with Gasteiger partial charge in [-0.15, -0.1) is 11.3 Å². The summed E-state index contributed by atoms with van der Waals surface area (Å²) in [5.74, 6) is 2.29. The first-order valence-corrected chi connectivity index (χ1v) is 13.1. The molecule has 1 aliphatic rings. The van der Waals surface area contributed by atoms with Crippen LogP contribution in [0, 0.1) is 0 Å². The van der Waals surface area contributed by atoms with Gasteiger partial charge in [0.05, 0.1) is 24.8 Å². The van der Waals surface area contributed by atoms with Gasteiger partial charge in [-0.1, -0.05) is 36.4 Å². The quantitative estimate of drug-likeness (QED) is 0.143. The number of thiophene rings is 1. The molecule has 0 bridgehead atoms. The van der Waals surface area contributed by atoms with Crippen molar-refractivity contribution >= 4 is 33.3 Å². The van der Waals surface area contributed by atoms with Gasteiger partial charge in [0, 0.05) is 10.6 Å². The summed E-state index contributed by atoms with van der Waals surface area (Å²) in [7, 11) is 1.64. The molecule has 5 rings (SSSR count). The number of rotatable bonds is 7. The van der Waals surface area contributed by atoms with Crippen molar-refractivity contribution in [2.45, 2.75) is 37.3 Å². The molecule has 0 unspecified atom stereocenters. The summed E-state index contributed by atoms with van der Waals surface area (Å²) < 4.78 is 12.9. The molecule has 0 spiro atoms. The van der Waals surface area contributed by atoms with Crippen molar-refractivity contribution in [3.8, 4) is 17.2 Å². The van der Waals surface area contributed by atoms with Gasteiger partial charge < -0.3 is 9.47 Å². The molecule has 2 heterocycles. The van der Waals surface area contributed by atoms with Crippen LogP contribution >= 0.6 is 23.1 Å². The molecule has 0 fully saturated rings. The third-order valence-electron chi connectivity index (χ3n) is 5.87. The Bertz CT molecular complexity index is 1300. The summed E-state index contributed by atoms with van der Waals surface area (Å²) in [5.41, 5.74) is 2.04. The van der Waals surface area contributed by atoms with Crippen molar-refractivity contribution in [1.82, 2.24) is 9.55 Å². The highest BCUT2D eigenvalue weighted by molar-refractivity contribution is 7.99. The van der Waals surface area contributed by atoms with E-state index >= 15 is 0 Å². The second kappa shape index (κ2) is 10.0. The average molecular weight is 479 g/mol. The lowest BCUT2D eigenvalue weighted by molar-refractivity contribution is 0.344. The number of thioether (sulfide) groups is 1. The number of methoxy groups -OCH3 is 1. The van der Waals surface area contributed by atoms with Crippen LogP contribution in [0.1, 0.15) is 29.7 Å². The van der Waals surface area contributed by atoms with Crippen LogP contribution in [0.25, 0.3) is 15.9 Å². The Morgan fingerprint density at radius 3 is 2.58 bits per heavy atom. The van der Waals surface area contributed by atoms with E-state index in [2.05, 4.69) is 0 Å². The van der Waals surface area contributed by atoms with Crippen LogP contribution in [0.5, 0.6) is 11.5 Å². The monoisotopic (exact) mass is 478 g/mol. The fraction of sp³-hybridized carbons (Fsp3) is 0.308. The Morgan fingerprint density at radius 2 is 1.79 bits per heavy atom. The number of hydrogen-bond donors (Lipinski definition) is 0. The molecule has 170 valence electrons. The predicted octanol–water partition coefficient (Wildman–Crippen LogP) is 5.90.